The molecule has 2 aromatic carbocycles. The van der Waals surface area contributed by atoms with Gasteiger partial charge in [0.05, 0.1) is 12.5 Å². The summed E-state index contributed by atoms with van der Waals surface area (Å²) in [6.45, 7) is 9.02. The maximum absolute atomic E-state index is 12.7. The molecule has 37 heavy (non-hydrogen) atoms. The van der Waals surface area contributed by atoms with Crippen LogP contribution < -0.4 is 4.74 Å². The number of benzene rings is 2. The van der Waals surface area contributed by atoms with Crippen molar-refractivity contribution in [2.45, 2.75) is 39.0 Å². The number of hydrogen-bond acceptors (Lipinski definition) is 5. The van der Waals surface area contributed by atoms with Crippen LogP contribution in [-0.2, 0) is 18.3 Å². The minimum absolute atomic E-state index is 0.110. The normalized spacial score (nSPS) is 20.3. The Hall–Kier alpha value is -4.06. The molecule has 2 aromatic heterocycles. The molecule has 2 aliphatic rings. The third-order valence-electron chi connectivity index (χ3n) is 7.86. The number of pyridine rings is 1. The molecule has 2 atom stereocenters. The standard InChI is InChI=1S/C31H30N4O2/c1-19(2)25-14-20(5-10-24(25)22-6-8-23(9-7-22)29-34-33-18-35(29)4)13-21-15-26-28-27(36)11-12-31(28,3)17-37-30(26)32-16-21/h5-10,14-16,18,28H,1,11-13,17H2,2-4H3/t28?,31-/m0/s1. The van der Waals surface area contributed by atoms with E-state index in [1.807, 2.05) is 24.7 Å². The molecule has 1 fully saturated rings. The number of ether oxygens (including phenoxy) is 1. The molecule has 0 saturated heterocycles. The molecule has 1 aliphatic heterocycles. The SMILES string of the molecule is C=C(C)c1cc(Cc2cnc3c(c2)C2C(=O)CC[C@@]2(C)CO3)ccc1-c1ccc(-c2nncn2C)cc1. The molecule has 186 valence electrons. The fourth-order valence-corrected chi connectivity index (χ4v) is 5.85. The first-order chi connectivity index (χ1) is 17.8. The Morgan fingerprint density at radius 2 is 1.92 bits per heavy atom. The van der Waals surface area contributed by atoms with E-state index in [1.54, 1.807) is 6.33 Å². The lowest BCUT2D eigenvalue weighted by molar-refractivity contribution is -0.120. The lowest BCUT2D eigenvalue weighted by Gasteiger charge is -2.35. The molecule has 0 N–H and O–H groups in total. The molecule has 6 heteroatoms. The Morgan fingerprint density at radius 3 is 2.65 bits per heavy atom. The van der Waals surface area contributed by atoms with Crippen molar-refractivity contribution in [2.24, 2.45) is 12.5 Å². The summed E-state index contributed by atoms with van der Waals surface area (Å²) < 4.78 is 7.87. The number of aryl methyl sites for hydroxylation is 1. The van der Waals surface area contributed by atoms with E-state index in [2.05, 4.69) is 77.2 Å². The Morgan fingerprint density at radius 1 is 1.14 bits per heavy atom. The van der Waals surface area contributed by atoms with Gasteiger partial charge in [0.2, 0.25) is 5.88 Å². The van der Waals surface area contributed by atoms with E-state index in [9.17, 15) is 4.79 Å². The quantitative estimate of drug-likeness (QED) is 0.342. The number of aromatic nitrogens is 4. The second-order valence-corrected chi connectivity index (χ2v) is 10.8. The number of nitrogens with zero attached hydrogens (tertiary/aromatic N) is 4. The van der Waals surface area contributed by atoms with Crippen molar-refractivity contribution in [3.8, 4) is 28.4 Å². The van der Waals surface area contributed by atoms with E-state index >= 15 is 0 Å². The number of rotatable bonds is 5. The number of carbonyl (C=O) groups is 1. The molecule has 0 spiro atoms. The topological polar surface area (TPSA) is 69.9 Å². The Labute approximate surface area is 217 Å². The highest BCUT2D eigenvalue weighted by Gasteiger charge is 2.50. The van der Waals surface area contributed by atoms with Gasteiger partial charge in [-0.15, -0.1) is 10.2 Å². The van der Waals surface area contributed by atoms with Gasteiger partial charge in [0.15, 0.2) is 5.82 Å². The molecule has 0 radical (unpaired) electrons. The van der Waals surface area contributed by atoms with E-state index < -0.39 is 0 Å². The molecule has 1 aliphatic carbocycles. The lowest BCUT2D eigenvalue weighted by atomic mass is 9.75. The van der Waals surface area contributed by atoms with Crippen molar-refractivity contribution in [2.75, 3.05) is 6.61 Å². The van der Waals surface area contributed by atoms with Crippen molar-refractivity contribution in [1.82, 2.24) is 19.7 Å². The average Bonchev–Trinajstić information content (AvgIpc) is 3.46. The zero-order chi connectivity index (χ0) is 25.7. The van der Waals surface area contributed by atoms with Crippen LogP contribution in [0.1, 0.15) is 54.9 Å². The zero-order valence-electron chi connectivity index (χ0n) is 21.5. The Kier molecular flexibility index (Phi) is 5.55. The van der Waals surface area contributed by atoms with Crippen LogP contribution in [0.15, 0.2) is 67.6 Å². The number of hydrogen-bond donors (Lipinski definition) is 0. The van der Waals surface area contributed by atoms with Crippen LogP contribution in [0.25, 0.3) is 28.1 Å². The van der Waals surface area contributed by atoms with Crippen LogP contribution in [0.5, 0.6) is 5.88 Å². The Bertz CT molecular complexity index is 1540. The summed E-state index contributed by atoms with van der Waals surface area (Å²) in [6, 6.07) is 17.1. The van der Waals surface area contributed by atoms with Gasteiger partial charge in [-0.2, -0.15) is 0 Å². The summed E-state index contributed by atoms with van der Waals surface area (Å²) in [5.74, 6) is 1.65. The average molecular weight is 491 g/mol. The van der Waals surface area contributed by atoms with Crippen LogP contribution >= 0.6 is 0 Å². The number of carbonyl (C=O) groups excluding carboxylic acids is 1. The van der Waals surface area contributed by atoms with Crippen LogP contribution in [0.3, 0.4) is 0 Å². The molecule has 1 saturated carbocycles. The molecule has 0 bridgehead atoms. The highest BCUT2D eigenvalue weighted by atomic mass is 16.5. The summed E-state index contributed by atoms with van der Waals surface area (Å²) in [5, 5.41) is 8.19. The van der Waals surface area contributed by atoms with Crippen LogP contribution in [0.4, 0.5) is 0 Å². The van der Waals surface area contributed by atoms with Crippen molar-refractivity contribution >= 4 is 11.4 Å². The van der Waals surface area contributed by atoms with Gasteiger partial charge in [-0.25, -0.2) is 4.98 Å². The highest BCUT2D eigenvalue weighted by molar-refractivity contribution is 5.90. The number of fused-ring (bicyclic) bond motifs is 3. The van der Waals surface area contributed by atoms with E-state index in [4.69, 9.17) is 4.74 Å². The van der Waals surface area contributed by atoms with E-state index in [1.165, 1.54) is 5.56 Å². The minimum Gasteiger partial charge on any atom is -0.477 e. The van der Waals surface area contributed by atoms with Gasteiger partial charge in [-0.05, 0) is 53.6 Å². The van der Waals surface area contributed by atoms with E-state index in [-0.39, 0.29) is 11.3 Å². The summed E-state index contributed by atoms with van der Waals surface area (Å²) in [6.07, 6.45) is 5.81. The van der Waals surface area contributed by atoms with Gasteiger partial charge < -0.3 is 9.30 Å². The van der Waals surface area contributed by atoms with Crippen LogP contribution in [0.2, 0.25) is 0 Å². The maximum Gasteiger partial charge on any atom is 0.217 e. The first-order valence-corrected chi connectivity index (χ1v) is 12.7. The third kappa shape index (κ3) is 4.06. The summed E-state index contributed by atoms with van der Waals surface area (Å²) >= 11 is 0. The summed E-state index contributed by atoms with van der Waals surface area (Å²) in [7, 11) is 1.94. The van der Waals surface area contributed by atoms with Crippen LogP contribution in [0, 0.1) is 5.41 Å². The largest absolute Gasteiger partial charge is 0.477 e. The highest BCUT2D eigenvalue weighted by Crippen LogP contribution is 2.52. The van der Waals surface area contributed by atoms with Crippen molar-refractivity contribution in [3.63, 3.8) is 0 Å². The summed E-state index contributed by atoms with van der Waals surface area (Å²) in [4.78, 5) is 17.3. The molecular formula is C31H30N4O2. The van der Waals surface area contributed by atoms with E-state index in [0.29, 0.717) is 24.7 Å². The smallest absolute Gasteiger partial charge is 0.217 e. The van der Waals surface area contributed by atoms with Crippen molar-refractivity contribution in [1.29, 1.82) is 0 Å². The predicted molar refractivity (Wildman–Crippen MR) is 144 cm³/mol. The van der Waals surface area contributed by atoms with Crippen LogP contribution in [-0.4, -0.2) is 32.1 Å². The second-order valence-electron chi connectivity index (χ2n) is 10.8. The van der Waals surface area contributed by atoms with Crippen molar-refractivity contribution in [3.05, 3.63) is 89.9 Å². The number of allylic oxidation sites excluding steroid dienone is 1. The molecular weight excluding hydrogens is 460 g/mol. The van der Waals surface area contributed by atoms with Crippen molar-refractivity contribution < 1.29 is 9.53 Å². The third-order valence-corrected chi connectivity index (χ3v) is 7.86. The number of Topliss-reactive ketones (excluding diaryl/α,β-unsaturated/α-hetero) is 1. The fourth-order valence-electron chi connectivity index (χ4n) is 5.85. The van der Waals surface area contributed by atoms with Gasteiger partial charge in [-0.3, -0.25) is 4.79 Å². The van der Waals surface area contributed by atoms with Gasteiger partial charge in [0.1, 0.15) is 12.1 Å². The molecule has 6 rings (SSSR count). The minimum atomic E-state index is -0.124. The van der Waals surface area contributed by atoms with E-state index in [0.717, 1.165) is 57.6 Å². The molecule has 3 heterocycles. The molecule has 6 nitrogen and oxygen atoms in total. The monoisotopic (exact) mass is 490 g/mol. The summed E-state index contributed by atoms with van der Waals surface area (Å²) in [5.41, 5.74) is 8.52. The number of ketones is 1. The second kappa shape index (κ2) is 8.80. The van der Waals surface area contributed by atoms with Gasteiger partial charge >= 0.3 is 0 Å². The first-order valence-electron chi connectivity index (χ1n) is 12.7. The van der Waals surface area contributed by atoms with Gasteiger partial charge in [-0.1, -0.05) is 61.5 Å². The maximum atomic E-state index is 12.7. The first kappa shape index (κ1) is 23.3. The molecule has 0 amide bonds. The zero-order valence-corrected chi connectivity index (χ0v) is 21.5. The molecule has 4 aromatic rings. The fraction of sp³-hybridized carbons (Fsp3) is 0.290. The van der Waals surface area contributed by atoms with Gasteiger partial charge in [0.25, 0.3) is 0 Å². The lowest BCUT2D eigenvalue weighted by Crippen LogP contribution is -2.35. The predicted octanol–water partition coefficient (Wildman–Crippen LogP) is 6.01. The van der Waals surface area contributed by atoms with Gasteiger partial charge in [0, 0.05) is 36.2 Å². The Balaban J connectivity index is 1.30. The molecule has 1 unspecified atom stereocenters.